The Bertz CT molecular complexity index is 573. The summed E-state index contributed by atoms with van der Waals surface area (Å²) in [4.78, 5) is 13.0. The Hall–Kier alpha value is -1.46. The first-order valence-corrected chi connectivity index (χ1v) is 6.75. The summed E-state index contributed by atoms with van der Waals surface area (Å²) >= 11 is 1.57. The molecule has 0 fully saturated rings. The van der Waals surface area contributed by atoms with Gasteiger partial charge in [-0.05, 0) is 23.4 Å². The van der Waals surface area contributed by atoms with E-state index in [1.165, 1.54) is 4.68 Å². The van der Waals surface area contributed by atoms with Crippen LogP contribution >= 0.6 is 11.3 Å². The summed E-state index contributed by atoms with van der Waals surface area (Å²) in [6, 6.07) is 5.57. The average Bonchev–Trinajstić information content (AvgIpc) is 2.84. The van der Waals surface area contributed by atoms with Crippen molar-refractivity contribution < 1.29 is 5.11 Å². The average molecular weight is 264 g/mol. The number of aromatic nitrogens is 2. The SMILES string of the molecule is CC(C)Cn1nc(-c2cccs2)cc(CO)c1=O. The Morgan fingerprint density at radius 2 is 2.28 bits per heavy atom. The molecule has 0 saturated heterocycles. The summed E-state index contributed by atoms with van der Waals surface area (Å²) in [6.45, 7) is 4.37. The predicted octanol–water partition coefficient (Wildman–Crippen LogP) is 2.12. The van der Waals surface area contributed by atoms with Gasteiger partial charge in [-0.1, -0.05) is 19.9 Å². The fraction of sp³-hybridized carbons (Fsp3) is 0.385. The van der Waals surface area contributed by atoms with Crippen molar-refractivity contribution in [2.45, 2.75) is 27.0 Å². The van der Waals surface area contributed by atoms with Gasteiger partial charge in [-0.2, -0.15) is 5.10 Å². The molecule has 0 spiro atoms. The molecule has 18 heavy (non-hydrogen) atoms. The Morgan fingerprint density at radius 3 is 2.83 bits per heavy atom. The maximum absolute atomic E-state index is 12.0. The third-order valence-corrected chi connectivity index (χ3v) is 3.42. The van der Waals surface area contributed by atoms with Crippen LogP contribution in [0.25, 0.3) is 10.6 Å². The lowest BCUT2D eigenvalue weighted by atomic mass is 10.2. The van der Waals surface area contributed by atoms with E-state index in [1.54, 1.807) is 17.4 Å². The topological polar surface area (TPSA) is 55.1 Å². The molecule has 1 N–H and O–H groups in total. The van der Waals surface area contributed by atoms with E-state index in [0.29, 0.717) is 18.0 Å². The zero-order chi connectivity index (χ0) is 13.1. The number of thiophene rings is 1. The van der Waals surface area contributed by atoms with Gasteiger partial charge in [-0.3, -0.25) is 4.79 Å². The van der Waals surface area contributed by atoms with Crippen molar-refractivity contribution in [1.82, 2.24) is 9.78 Å². The van der Waals surface area contributed by atoms with Gasteiger partial charge in [0.15, 0.2) is 0 Å². The largest absolute Gasteiger partial charge is 0.391 e. The Kier molecular flexibility index (Phi) is 3.93. The zero-order valence-corrected chi connectivity index (χ0v) is 11.3. The Balaban J connectivity index is 2.53. The molecule has 0 bridgehead atoms. The number of hydrogen-bond donors (Lipinski definition) is 1. The molecule has 2 aromatic rings. The molecule has 0 atom stereocenters. The van der Waals surface area contributed by atoms with E-state index < -0.39 is 0 Å². The van der Waals surface area contributed by atoms with Gasteiger partial charge < -0.3 is 5.11 Å². The van der Waals surface area contributed by atoms with Crippen molar-refractivity contribution in [3.05, 3.63) is 39.5 Å². The molecule has 0 radical (unpaired) electrons. The number of rotatable bonds is 4. The van der Waals surface area contributed by atoms with Gasteiger partial charge in [0.1, 0.15) is 5.69 Å². The van der Waals surface area contributed by atoms with Gasteiger partial charge in [-0.25, -0.2) is 4.68 Å². The molecule has 4 nitrogen and oxygen atoms in total. The van der Waals surface area contributed by atoms with Crippen LogP contribution in [-0.4, -0.2) is 14.9 Å². The van der Waals surface area contributed by atoms with E-state index in [0.717, 1.165) is 10.6 Å². The van der Waals surface area contributed by atoms with Crippen molar-refractivity contribution in [2.75, 3.05) is 0 Å². The highest BCUT2D eigenvalue weighted by Gasteiger charge is 2.10. The van der Waals surface area contributed by atoms with Crippen LogP contribution in [0.2, 0.25) is 0 Å². The van der Waals surface area contributed by atoms with Crippen LogP contribution < -0.4 is 5.56 Å². The number of aliphatic hydroxyl groups is 1. The molecule has 0 aromatic carbocycles. The van der Waals surface area contributed by atoms with Crippen LogP contribution in [0.15, 0.2) is 28.4 Å². The van der Waals surface area contributed by atoms with Crippen molar-refractivity contribution in [3.63, 3.8) is 0 Å². The summed E-state index contributed by atoms with van der Waals surface area (Å²) in [7, 11) is 0. The fourth-order valence-corrected chi connectivity index (χ4v) is 2.41. The maximum atomic E-state index is 12.0. The lowest BCUT2D eigenvalue weighted by Crippen LogP contribution is -2.28. The molecule has 2 rings (SSSR count). The monoisotopic (exact) mass is 264 g/mol. The minimum absolute atomic E-state index is 0.202. The molecule has 5 heteroatoms. The highest BCUT2D eigenvalue weighted by molar-refractivity contribution is 7.13. The molecule has 96 valence electrons. The number of nitrogens with zero attached hydrogens (tertiary/aromatic N) is 2. The van der Waals surface area contributed by atoms with Crippen molar-refractivity contribution in [1.29, 1.82) is 0 Å². The van der Waals surface area contributed by atoms with E-state index in [1.807, 2.05) is 31.4 Å². The molecule has 2 heterocycles. The number of aliphatic hydroxyl groups excluding tert-OH is 1. The molecule has 2 aromatic heterocycles. The van der Waals surface area contributed by atoms with Crippen LogP contribution in [0.4, 0.5) is 0 Å². The van der Waals surface area contributed by atoms with Gasteiger partial charge in [-0.15, -0.1) is 11.3 Å². The van der Waals surface area contributed by atoms with E-state index in [2.05, 4.69) is 5.10 Å². The van der Waals surface area contributed by atoms with Gasteiger partial charge in [0.25, 0.3) is 5.56 Å². The molecular weight excluding hydrogens is 248 g/mol. The second-order valence-corrected chi connectivity index (χ2v) is 5.52. The first kappa shape index (κ1) is 13.0. The third kappa shape index (κ3) is 2.68. The van der Waals surface area contributed by atoms with Gasteiger partial charge in [0.05, 0.1) is 11.5 Å². The standard InChI is InChI=1S/C13H16N2O2S/c1-9(2)7-15-13(17)10(8-16)6-11(14-15)12-4-3-5-18-12/h3-6,9,16H,7-8H2,1-2H3. The highest BCUT2D eigenvalue weighted by Crippen LogP contribution is 2.22. The number of hydrogen-bond acceptors (Lipinski definition) is 4. The molecule has 0 unspecified atom stereocenters. The normalized spacial score (nSPS) is 11.1. The van der Waals surface area contributed by atoms with Crippen LogP contribution in [0.5, 0.6) is 0 Å². The van der Waals surface area contributed by atoms with E-state index >= 15 is 0 Å². The van der Waals surface area contributed by atoms with Crippen molar-refractivity contribution in [3.8, 4) is 10.6 Å². The first-order chi connectivity index (χ1) is 8.61. The smallest absolute Gasteiger partial charge is 0.272 e. The maximum Gasteiger partial charge on any atom is 0.272 e. The quantitative estimate of drug-likeness (QED) is 0.920. The van der Waals surface area contributed by atoms with Gasteiger partial charge in [0, 0.05) is 12.1 Å². The molecule has 0 aliphatic carbocycles. The third-order valence-electron chi connectivity index (χ3n) is 2.53. The van der Waals surface area contributed by atoms with Crippen LogP contribution in [0.3, 0.4) is 0 Å². The fourth-order valence-electron chi connectivity index (χ4n) is 1.72. The second kappa shape index (κ2) is 5.46. The Morgan fingerprint density at radius 1 is 1.50 bits per heavy atom. The summed E-state index contributed by atoms with van der Waals surface area (Å²) in [5.74, 6) is 0.334. The highest BCUT2D eigenvalue weighted by atomic mass is 32.1. The lowest BCUT2D eigenvalue weighted by molar-refractivity contribution is 0.277. The van der Waals surface area contributed by atoms with E-state index in [-0.39, 0.29) is 12.2 Å². The van der Waals surface area contributed by atoms with Crippen LogP contribution in [0, 0.1) is 5.92 Å². The molecule has 0 saturated carbocycles. The van der Waals surface area contributed by atoms with E-state index in [9.17, 15) is 9.90 Å². The van der Waals surface area contributed by atoms with Gasteiger partial charge in [0.2, 0.25) is 0 Å². The van der Waals surface area contributed by atoms with Gasteiger partial charge >= 0.3 is 0 Å². The minimum atomic E-state index is -0.252. The molecular formula is C13H16N2O2S. The van der Waals surface area contributed by atoms with Crippen LogP contribution in [0.1, 0.15) is 19.4 Å². The summed E-state index contributed by atoms with van der Waals surface area (Å²) < 4.78 is 1.45. The predicted molar refractivity (Wildman–Crippen MR) is 72.6 cm³/mol. The lowest BCUT2D eigenvalue weighted by Gasteiger charge is -2.10. The molecule has 0 aliphatic rings. The zero-order valence-electron chi connectivity index (χ0n) is 10.5. The van der Waals surface area contributed by atoms with Crippen molar-refractivity contribution >= 4 is 11.3 Å². The van der Waals surface area contributed by atoms with Crippen molar-refractivity contribution in [2.24, 2.45) is 5.92 Å². The van der Waals surface area contributed by atoms with Crippen LogP contribution in [-0.2, 0) is 13.2 Å². The first-order valence-electron chi connectivity index (χ1n) is 5.87. The summed E-state index contributed by atoms with van der Waals surface area (Å²) in [5, 5.41) is 15.6. The summed E-state index contributed by atoms with van der Waals surface area (Å²) in [6.07, 6.45) is 0. The Labute approximate surface area is 110 Å². The second-order valence-electron chi connectivity index (χ2n) is 4.57. The minimum Gasteiger partial charge on any atom is -0.391 e. The molecule has 0 amide bonds. The molecule has 0 aliphatic heterocycles. The summed E-state index contributed by atoms with van der Waals surface area (Å²) in [5.41, 5.74) is 0.940. The van der Waals surface area contributed by atoms with E-state index in [4.69, 9.17) is 0 Å².